The Hall–Kier alpha value is -2.95. The van der Waals surface area contributed by atoms with Crippen LogP contribution in [0.15, 0.2) is 70.4 Å². The lowest BCUT2D eigenvalue weighted by Crippen LogP contribution is -2.30. The Balaban J connectivity index is 1.37. The average molecular weight is 487 g/mol. The highest BCUT2D eigenvalue weighted by atomic mass is 32.2. The van der Waals surface area contributed by atoms with Crippen LogP contribution in [0.4, 0.5) is 15.2 Å². The fraction of sp³-hybridized carbons (Fsp3) is 0.136. The molecule has 0 saturated heterocycles. The number of hydrogen-bond acceptors (Lipinski definition) is 8. The highest BCUT2D eigenvalue weighted by molar-refractivity contribution is 8.01. The van der Waals surface area contributed by atoms with Gasteiger partial charge < -0.3 is 15.4 Å². The maximum Gasteiger partial charge on any atom is 0.231 e. The van der Waals surface area contributed by atoms with E-state index in [2.05, 4.69) is 20.8 Å². The molecule has 0 aliphatic heterocycles. The molecule has 6 nitrogen and oxygen atoms in total. The van der Waals surface area contributed by atoms with Crippen molar-refractivity contribution in [1.29, 1.82) is 0 Å². The Morgan fingerprint density at radius 3 is 2.69 bits per heavy atom. The van der Waals surface area contributed by atoms with E-state index in [0.29, 0.717) is 15.2 Å². The number of halogens is 1. The van der Waals surface area contributed by atoms with E-state index in [0.717, 1.165) is 16.1 Å². The lowest BCUT2D eigenvalue weighted by atomic mass is 10.1. The third-order valence-corrected chi connectivity index (χ3v) is 7.33. The Kier molecular flexibility index (Phi) is 7.35. The summed E-state index contributed by atoms with van der Waals surface area (Å²) in [5, 5.41) is 17.1. The zero-order valence-corrected chi connectivity index (χ0v) is 19.4. The minimum absolute atomic E-state index is 0.146. The van der Waals surface area contributed by atoms with Crippen molar-refractivity contribution in [3.63, 3.8) is 0 Å². The number of carbonyl (C=O) groups excluding carboxylic acids is 1. The lowest BCUT2D eigenvalue weighted by molar-refractivity contribution is -0.119. The maximum absolute atomic E-state index is 13.3. The number of methoxy groups -OCH3 is 1. The zero-order chi connectivity index (χ0) is 22.3. The molecule has 2 aromatic carbocycles. The van der Waals surface area contributed by atoms with E-state index >= 15 is 0 Å². The molecular weight excluding hydrogens is 467 g/mol. The third kappa shape index (κ3) is 5.64. The largest absolute Gasteiger partial charge is 0.495 e. The van der Waals surface area contributed by atoms with Crippen molar-refractivity contribution in [1.82, 2.24) is 15.5 Å². The summed E-state index contributed by atoms with van der Waals surface area (Å²) < 4.78 is 19.3. The van der Waals surface area contributed by atoms with Gasteiger partial charge in [0.25, 0.3) is 0 Å². The smallest absolute Gasteiger partial charge is 0.231 e. The molecule has 0 bridgehead atoms. The Bertz CT molecular complexity index is 1170. The Labute approximate surface area is 196 Å². The van der Waals surface area contributed by atoms with E-state index in [1.54, 1.807) is 19.2 Å². The number of rotatable bonds is 9. The van der Waals surface area contributed by atoms with Crippen LogP contribution in [0.5, 0.6) is 5.75 Å². The van der Waals surface area contributed by atoms with Gasteiger partial charge in [0.05, 0.1) is 24.6 Å². The van der Waals surface area contributed by atoms with E-state index in [9.17, 15) is 9.18 Å². The normalized spacial score (nSPS) is 11.7. The summed E-state index contributed by atoms with van der Waals surface area (Å²) in [5.41, 5.74) is 1.62. The fourth-order valence-corrected chi connectivity index (χ4v) is 5.32. The summed E-state index contributed by atoms with van der Waals surface area (Å²) in [6.45, 7) is 0. The van der Waals surface area contributed by atoms with Gasteiger partial charge in [-0.3, -0.25) is 4.79 Å². The van der Waals surface area contributed by atoms with Crippen LogP contribution in [0.1, 0.15) is 16.5 Å². The number of hydrogen-bond donors (Lipinski definition) is 2. The number of para-hydroxylation sites is 2. The molecule has 0 spiro atoms. The fourth-order valence-electron chi connectivity index (χ4n) is 2.94. The summed E-state index contributed by atoms with van der Waals surface area (Å²) in [7, 11) is 1.61. The molecule has 1 amide bonds. The molecule has 2 heterocycles. The van der Waals surface area contributed by atoms with Crippen LogP contribution in [0.2, 0.25) is 0 Å². The van der Waals surface area contributed by atoms with Crippen molar-refractivity contribution in [2.75, 3.05) is 18.2 Å². The predicted molar refractivity (Wildman–Crippen MR) is 128 cm³/mol. The molecule has 0 radical (unpaired) electrons. The van der Waals surface area contributed by atoms with E-state index in [1.165, 1.54) is 46.6 Å². The number of thiophene rings is 1. The molecule has 0 saturated carbocycles. The Morgan fingerprint density at radius 2 is 1.94 bits per heavy atom. The molecule has 0 aliphatic rings. The van der Waals surface area contributed by atoms with Gasteiger partial charge in [0.15, 0.2) is 4.34 Å². The molecule has 4 rings (SSSR count). The van der Waals surface area contributed by atoms with Crippen molar-refractivity contribution in [2.24, 2.45) is 0 Å². The first-order valence-electron chi connectivity index (χ1n) is 9.57. The number of benzene rings is 2. The third-order valence-electron chi connectivity index (χ3n) is 4.42. The van der Waals surface area contributed by atoms with Gasteiger partial charge in [-0.15, -0.1) is 21.5 Å². The second-order valence-corrected chi connectivity index (χ2v) is 9.73. The van der Waals surface area contributed by atoms with Crippen molar-refractivity contribution < 1.29 is 13.9 Å². The van der Waals surface area contributed by atoms with E-state index in [-0.39, 0.29) is 23.5 Å². The van der Waals surface area contributed by atoms with Gasteiger partial charge in [0.1, 0.15) is 11.6 Å². The highest BCUT2D eigenvalue weighted by Crippen LogP contribution is 2.32. The summed E-state index contributed by atoms with van der Waals surface area (Å²) in [5.74, 6) is 0.435. The molecule has 2 aromatic heterocycles. The van der Waals surface area contributed by atoms with Gasteiger partial charge in [-0.25, -0.2) is 4.39 Å². The Morgan fingerprint density at radius 1 is 1.12 bits per heavy atom. The molecule has 4 aromatic rings. The number of ether oxygens (including phenoxy) is 1. The van der Waals surface area contributed by atoms with Gasteiger partial charge in [-0.1, -0.05) is 53.4 Å². The van der Waals surface area contributed by atoms with Gasteiger partial charge >= 0.3 is 0 Å². The highest BCUT2D eigenvalue weighted by Gasteiger charge is 2.19. The summed E-state index contributed by atoms with van der Waals surface area (Å²) >= 11 is 4.21. The van der Waals surface area contributed by atoms with E-state index in [4.69, 9.17) is 4.74 Å². The molecule has 10 heteroatoms. The van der Waals surface area contributed by atoms with Crippen LogP contribution in [0.3, 0.4) is 0 Å². The SMILES string of the molecule is COc1ccccc1Nc1nnc(SCC(=O)N[C@@H](c2ccc(F)cc2)c2cccs2)s1. The van der Waals surface area contributed by atoms with E-state index < -0.39 is 0 Å². The van der Waals surface area contributed by atoms with Crippen molar-refractivity contribution in [3.05, 3.63) is 82.3 Å². The molecule has 0 fully saturated rings. The first-order chi connectivity index (χ1) is 15.6. The molecule has 0 aliphatic carbocycles. The van der Waals surface area contributed by atoms with E-state index in [1.807, 2.05) is 41.8 Å². The van der Waals surface area contributed by atoms with Crippen molar-refractivity contribution >= 4 is 51.2 Å². The maximum atomic E-state index is 13.3. The second-order valence-electron chi connectivity index (χ2n) is 6.55. The second kappa shape index (κ2) is 10.6. The topological polar surface area (TPSA) is 76.1 Å². The summed E-state index contributed by atoms with van der Waals surface area (Å²) in [6, 6.07) is 17.2. The number of aromatic nitrogens is 2. The molecule has 164 valence electrons. The van der Waals surface area contributed by atoms with Gasteiger partial charge in [0, 0.05) is 4.88 Å². The predicted octanol–water partition coefficient (Wildman–Crippen LogP) is 5.49. The lowest BCUT2D eigenvalue weighted by Gasteiger charge is -2.18. The molecule has 2 N–H and O–H groups in total. The summed E-state index contributed by atoms with van der Waals surface area (Å²) in [6.07, 6.45) is 0. The molecule has 1 atom stereocenters. The number of amides is 1. The first-order valence-corrected chi connectivity index (χ1v) is 12.2. The van der Waals surface area contributed by atoms with Gasteiger partial charge in [-0.05, 0) is 41.3 Å². The quantitative estimate of drug-likeness (QED) is 0.305. The first kappa shape index (κ1) is 22.3. The number of nitrogens with one attached hydrogen (secondary N) is 2. The molecular formula is C22H19FN4O2S3. The molecule has 32 heavy (non-hydrogen) atoms. The van der Waals surface area contributed by atoms with Crippen LogP contribution >= 0.6 is 34.4 Å². The monoisotopic (exact) mass is 486 g/mol. The average Bonchev–Trinajstić information content (AvgIpc) is 3.50. The van der Waals surface area contributed by atoms with Gasteiger partial charge in [-0.2, -0.15) is 0 Å². The van der Waals surface area contributed by atoms with Crippen molar-refractivity contribution in [3.8, 4) is 5.75 Å². The number of carbonyl (C=O) groups is 1. The van der Waals surface area contributed by atoms with Crippen LogP contribution in [0, 0.1) is 5.82 Å². The standard InChI is InChI=1S/C22H19FN4O2S3/c1-29-17-6-3-2-5-16(17)24-21-26-27-22(32-21)31-13-19(28)25-20(18-7-4-12-30-18)14-8-10-15(23)11-9-14/h2-12,20H,13H2,1H3,(H,24,26)(H,25,28)/t20-/m0/s1. The van der Waals surface area contributed by atoms with Crippen LogP contribution in [-0.2, 0) is 4.79 Å². The van der Waals surface area contributed by atoms with Crippen molar-refractivity contribution in [2.45, 2.75) is 10.4 Å². The zero-order valence-electron chi connectivity index (χ0n) is 16.9. The summed E-state index contributed by atoms with van der Waals surface area (Å²) in [4.78, 5) is 13.6. The number of nitrogens with zero attached hydrogens (tertiary/aromatic N) is 2. The van der Waals surface area contributed by atoms with Gasteiger partial charge in [0.2, 0.25) is 11.0 Å². The number of thioether (sulfide) groups is 1. The van der Waals surface area contributed by atoms with Crippen LogP contribution in [-0.4, -0.2) is 29.0 Å². The van der Waals surface area contributed by atoms with Crippen LogP contribution < -0.4 is 15.4 Å². The minimum Gasteiger partial charge on any atom is -0.495 e. The number of anilines is 2. The molecule has 0 unspecified atom stereocenters. The van der Waals surface area contributed by atoms with Crippen LogP contribution in [0.25, 0.3) is 0 Å². The minimum atomic E-state index is -0.333.